The number of halogens is 1. The standard InChI is InChI=1S/C17H26ClN3O2Si/c1-17(22,12-5-6-12)13-9-21(11-23-7-8-24(2,3)4)16-14(13)15(18)19-10-20-16/h9-10,12,22H,5-8,11H2,1-4H3. The number of aliphatic hydroxyl groups is 1. The van der Waals surface area contributed by atoms with Crippen LogP contribution in [-0.4, -0.2) is 34.3 Å². The molecule has 0 aromatic carbocycles. The first-order valence-electron chi connectivity index (χ1n) is 8.50. The first kappa shape index (κ1) is 17.9. The maximum atomic E-state index is 11.0. The lowest BCUT2D eigenvalue weighted by molar-refractivity contribution is 0.0336. The quantitative estimate of drug-likeness (QED) is 0.456. The molecule has 0 aliphatic heterocycles. The van der Waals surface area contributed by atoms with Gasteiger partial charge in [0.1, 0.15) is 23.9 Å². The van der Waals surface area contributed by atoms with E-state index >= 15 is 0 Å². The minimum Gasteiger partial charge on any atom is -0.385 e. The molecule has 7 heteroatoms. The van der Waals surface area contributed by atoms with Crippen molar-refractivity contribution < 1.29 is 9.84 Å². The van der Waals surface area contributed by atoms with Gasteiger partial charge in [0.05, 0.1) is 11.0 Å². The number of hydrogen-bond donors (Lipinski definition) is 1. The van der Waals surface area contributed by atoms with Gasteiger partial charge in [-0.25, -0.2) is 9.97 Å². The lowest BCUT2D eigenvalue weighted by Crippen LogP contribution is -2.23. The van der Waals surface area contributed by atoms with Crippen molar-refractivity contribution in [3.8, 4) is 0 Å². The third-order valence-electron chi connectivity index (χ3n) is 4.75. The lowest BCUT2D eigenvalue weighted by atomic mass is 9.91. The van der Waals surface area contributed by atoms with Gasteiger partial charge < -0.3 is 14.4 Å². The van der Waals surface area contributed by atoms with Crippen molar-refractivity contribution in [2.45, 2.75) is 57.8 Å². The Kier molecular flexibility index (Phi) is 4.77. The van der Waals surface area contributed by atoms with Gasteiger partial charge in [-0.1, -0.05) is 31.2 Å². The van der Waals surface area contributed by atoms with Crippen molar-refractivity contribution in [3.63, 3.8) is 0 Å². The molecule has 1 aliphatic rings. The fourth-order valence-electron chi connectivity index (χ4n) is 2.98. The van der Waals surface area contributed by atoms with Crippen molar-refractivity contribution in [1.29, 1.82) is 0 Å². The van der Waals surface area contributed by atoms with Gasteiger partial charge in [0.2, 0.25) is 0 Å². The Balaban J connectivity index is 1.87. The smallest absolute Gasteiger partial charge is 0.147 e. The number of rotatable bonds is 7. The highest BCUT2D eigenvalue weighted by atomic mass is 35.5. The van der Waals surface area contributed by atoms with Crippen LogP contribution in [0.25, 0.3) is 11.0 Å². The highest BCUT2D eigenvalue weighted by molar-refractivity contribution is 6.76. The Morgan fingerprint density at radius 2 is 2.08 bits per heavy atom. The molecule has 0 bridgehead atoms. The molecule has 1 N–H and O–H groups in total. The van der Waals surface area contributed by atoms with Crippen LogP contribution in [0.5, 0.6) is 0 Å². The van der Waals surface area contributed by atoms with Crippen molar-refractivity contribution in [2.75, 3.05) is 6.61 Å². The number of hydrogen-bond acceptors (Lipinski definition) is 4. The first-order chi connectivity index (χ1) is 11.2. The van der Waals surface area contributed by atoms with Crippen molar-refractivity contribution in [1.82, 2.24) is 14.5 Å². The van der Waals surface area contributed by atoms with E-state index in [4.69, 9.17) is 16.3 Å². The maximum absolute atomic E-state index is 11.0. The molecular weight excluding hydrogens is 342 g/mol. The van der Waals surface area contributed by atoms with E-state index in [9.17, 15) is 5.11 Å². The average molecular weight is 368 g/mol. The summed E-state index contributed by atoms with van der Waals surface area (Å²) in [4.78, 5) is 8.47. The second kappa shape index (κ2) is 6.41. The minimum absolute atomic E-state index is 0.278. The van der Waals surface area contributed by atoms with E-state index in [-0.39, 0.29) is 5.92 Å². The van der Waals surface area contributed by atoms with Crippen LogP contribution < -0.4 is 0 Å². The summed E-state index contributed by atoms with van der Waals surface area (Å²) in [5, 5.41) is 12.1. The van der Waals surface area contributed by atoms with Crippen LogP contribution in [-0.2, 0) is 17.1 Å². The molecule has 132 valence electrons. The third-order valence-corrected chi connectivity index (χ3v) is 6.74. The molecule has 3 rings (SSSR count). The van der Waals surface area contributed by atoms with E-state index in [2.05, 4.69) is 29.6 Å². The second-order valence-electron chi connectivity index (χ2n) is 8.15. The lowest BCUT2D eigenvalue weighted by Gasteiger charge is -2.22. The van der Waals surface area contributed by atoms with Gasteiger partial charge in [0, 0.05) is 26.4 Å². The SMILES string of the molecule is CC(O)(c1cn(COCC[Si](C)(C)C)c2ncnc(Cl)c12)C1CC1. The van der Waals surface area contributed by atoms with E-state index in [1.165, 1.54) is 6.33 Å². The highest BCUT2D eigenvalue weighted by Gasteiger charge is 2.43. The molecule has 0 radical (unpaired) electrons. The largest absolute Gasteiger partial charge is 0.385 e. The predicted octanol–water partition coefficient (Wildman–Crippen LogP) is 4.01. The van der Waals surface area contributed by atoms with E-state index in [1.54, 1.807) is 0 Å². The summed E-state index contributed by atoms with van der Waals surface area (Å²) in [6.07, 6.45) is 5.46. The van der Waals surface area contributed by atoms with E-state index in [1.807, 2.05) is 17.7 Å². The number of fused-ring (bicyclic) bond motifs is 1. The van der Waals surface area contributed by atoms with Gasteiger partial charge in [-0.05, 0) is 31.7 Å². The Labute approximate surface area is 149 Å². The average Bonchev–Trinajstić information content (AvgIpc) is 3.26. The molecule has 1 fully saturated rings. The normalized spacial score (nSPS) is 18.1. The summed E-state index contributed by atoms with van der Waals surface area (Å²) < 4.78 is 7.79. The topological polar surface area (TPSA) is 60.2 Å². The zero-order valence-corrected chi connectivity index (χ0v) is 16.6. The monoisotopic (exact) mass is 367 g/mol. The maximum Gasteiger partial charge on any atom is 0.147 e. The van der Waals surface area contributed by atoms with Crippen LogP contribution in [0.3, 0.4) is 0 Å². The van der Waals surface area contributed by atoms with Gasteiger partial charge in [-0.2, -0.15) is 0 Å². The molecule has 0 saturated heterocycles. The number of aromatic nitrogens is 3. The molecule has 24 heavy (non-hydrogen) atoms. The second-order valence-corrected chi connectivity index (χ2v) is 14.1. The number of ether oxygens (including phenoxy) is 1. The van der Waals surface area contributed by atoms with E-state index in [0.29, 0.717) is 11.9 Å². The molecule has 0 amide bonds. The zero-order chi connectivity index (χ0) is 17.5. The Bertz CT molecular complexity index is 735. The Hall–Kier alpha value is -0.953. The van der Waals surface area contributed by atoms with Gasteiger partial charge in [-0.3, -0.25) is 0 Å². The van der Waals surface area contributed by atoms with Crippen molar-refractivity contribution in [2.24, 2.45) is 5.92 Å². The summed E-state index contributed by atoms with van der Waals surface area (Å²) in [6, 6.07) is 1.12. The zero-order valence-electron chi connectivity index (χ0n) is 14.8. The Morgan fingerprint density at radius 3 is 2.71 bits per heavy atom. The Morgan fingerprint density at radius 1 is 1.38 bits per heavy atom. The fraction of sp³-hybridized carbons (Fsp3) is 0.647. The summed E-state index contributed by atoms with van der Waals surface area (Å²) in [5.74, 6) is 0.278. The molecule has 0 spiro atoms. The molecule has 1 unspecified atom stereocenters. The molecule has 2 aromatic heterocycles. The van der Waals surface area contributed by atoms with Gasteiger partial charge in [0.15, 0.2) is 0 Å². The summed E-state index contributed by atoms with van der Waals surface area (Å²) >= 11 is 6.32. The van der Waals surface area contributed by atoms with Crippen LogP contribution in [0.2, 0.25) is 30.8 Å². The van der Waals surface area contributed by atoms with Crippen molar-refractivity contribution in [3.05, 3.63) is 23.2 Å². The van der Waals surface area contributed by atoms with Gasteiger partial charge in [0.25, 0.3) is 0 Å². The van der Waals surface area contributed by atoms with Crippen LogP contribution in [0.1, 0.15) is 25.3 Å². The highest BCUT2D eigenvalue weighted by Crippen LogP contribution is 2.48. The molecule has 5 nitrogen and oxygen atoms in total. The number of nitrogens with zero attached hydrogens (tertiary/aromatic N) is 3. The molecule has 1 saturated carbocycles. The molecular formula is C17H26ClN3O2Si. The minimum atomic E-state index is -1.11. The van der Waals surface area contributed by atoms with E-state index < -0.39 is 13.7 Å². The van der Waals surface area contributed by atoms with Crippen LogP contribution in [0.15, 0.2) is 12.5 Å². The molecule has 1 aliphatic carbocycles. The predicted molar refractivity (Wildman–Crippen MR) is 98.9 cm³/mol. The van der Waals surface area contributed by atoms with Crippen LogP contribution in [0, 0.1) is 5.92 Å². The first-order valence-corrected chi connectivity index (χ1v) is 12.6. The van der Waals surface area contributed by atoms with Gasteiger partial charge in [-0.15, -0.1) is 0 Å². The summed E-state index contributed by atoms with van der Waals surface area (Å²) in [6.45, 7) is 10.0. The van der Waals surface area contributed by atoms with Crippen molar-refractivity contribution >= 4 is 30.7 Å². The van der Waals surface area contributed by atoms with Crippen LogP contribution >= 0.6 is 11.6 Å². The fourth-order valence-corrected chi connectivity index (χ4v) is 3.96. The summed E-state index contributed by atoms with van der Waals surface area (Å²) in [7, 11) is -1.11. The van der Waals surface area contributed by atoms with Crippen LogP contribution in [0.4, 0.5) is 0 Å². The van der Waals surface area contributed by atoms with Gasteiger partial charge >= 0.3 is 0 Å². The van der Waals surface area contributed by atoms with E-state index in [0.717, 1.165) is 42.1 Å². The molecule has 2 heterocycles. The molecule has 2 aromatic rings. The molecule has 1 atom stereocenters. The summed E-state index contributed by atoms with van der Waals surface area (Å²) in [5.41, 5.74) is 0.620. The third kappa shape index (κ3) is 3.66.